The fourth-order valence-electron chi connectivity index (χ4n) is 2.73. The van der Waals surface area contributed by atoms with E-state index in [-0.39, 0.29) is 11.2 Å². The molecule has 0 fully saturated rings. The number of thioether (sulfide) groups is 1. The SMILES string of the molecule is COc1cc2c(cc1NC(=O)C(C)Sc1nnc(N)s1)oc1ccccc12. The Kier molecular flexibility index (Phi) is 4.63. The van der Waals surface area contributed by atoms with Crippen molar-refractivity contribution in [2.24, 2.45) is 0 Å². The molecule has 1 amide bonds. The molecular formula is C18H16N4O3S2. The number of nitrogens with one attached hydrogen (secondary N) is 1. The van der Waals surface area contributed by atoms with Gasteiger partial charge in [0, 0.05) is 16.8 Å². The summed E-state index contributed by atoms with van der Waals surface area (Å²) < 4.78 is 12.0. The molecule has 4 rings (SSSR count). The van der Waals surface area contributed by atoms with Crippen molar-refractivity contribution < 1.29 is 13.9 Å². The van der Waals surface area contributed by atoms with Crippen LogP contribution in [0.5, 0.6) is 5.75 Å². The average Bonchev–Trinajstić information content (AvgIpc) is 3.23. The lowest BCUT2D eigenvalue weighted by Crippen LogP contribution is -2.22. The normalized spacial score (nSPS) is 12.4. The monoisotopic (exact) mass is 400 g/mol. The molecule has 0 saturated heterocycles. The maximum atomic E-state index is 12.6. The van der Waals surface area contributed by atoms with E-state index in [0.29, 0.717) is 26.5 Å². The zero-order chi connectivity index (χ0) is 19.0. The summed E-state index contributed by atoms with van der Waals surface area (Å²) in [6.45, 7) is 1.80. The van der Waals surface area contributed by atoms with Gasteiger partial charge in [-0.1, -0.05) is 41.3 Å². The molecule has 0 radical (unpaired) electrons. The van der Waals surface area contributed by atoms with Gasteiger partial charge in [0.05, 0.1) is 18.0 Å². The van der Waals surface area contributed by atoms with Crippen LogP contribution >= 0.6 is 23.1 Å². The van der Waals surface area contributed by atoms with Gasteiger partial charge in [-0.25, -0.2) is 0 Å². The number of carbonyl (C=O) groups excluding carboxylic acids is 1. The van der Waals surface area contributed by atoms with Crippen molar-refractivity contribution in [3.8, 4) is 5.75 Å². The van der Waals surface area contributed by atoms with E-state index in [1.165, 1.54) is 23.1 Å². The smallest absolute Gasteiger partial charge is 0.237 e. The number of para-hydroxylation sites is 1. The van der Waals surface area contributed by atoms with Gasteiger partial charge >= 0.3 is 0 Å². The third kappa shape index (κ3) is 3.43. The summed E-state index contributed by atoms with van der Waals surface area (Å²) in [6, 6.07) is 11.4. The number of anilines is 2. The first-order valence-corrected chi connectivity index (χ1v) is 9.80. The van der Waals surface area contributed by atoms with Crippen LogP contribution in [0.25, 0.3) is 21.9 Å². The quantitative estimate of drug-likeness (QED) is 0.485. The van der Waals surface area contributed by atoms with Gasteiger partial charge in [-0.3, -0.25) is 4.79 Å². The second-order valence-corrected chi connectivity index (χ2v) is 8.40. The van der Waals surface area contributed by atoms with Gasteiger partial charge in [0.15, 0.2) is 4.34 Å². The van der Waals surface area contributed by atoms with Gasteiger partial charge in [0.2, 0.25) is 11.0 Å². The largest absolute Gasteiger partial charge is 0.495 e. The highest BCUT2D eigenvalue weighted by Crippen LogP contribution is 2.37. The Morgan fingerprint density at radius 3 is 2.81 bits per heavy atom. The Morgan fingerprint density at radius 2 is 2.07 bits per heavy atom. The van der Waals surface area contributed by atoms with Crippen molar-refractivity contribution >= 4 is 61.8 Å². The number of furan rings is 1. The lowest BCUT2D eigenvalue weighted by Gasteiger charge is -2.13. The Balaban J connectivity index is 1.62. The Morgan fingerprint density at radius 1 is 1.26 bits per heavy atom. The number of nitrogens with zero attached hydrogens (tertiary/aromatic N) is 2. The molecule has 0 aliphatic carbocycles. The Hall–Kier alpha value is -2.78. The number of methoxy groups -OCH3 is 1. The van der Waals surface area contributed by atoms with Gasteiger partial charge < -0.3 is 20.2 Å². The number of ether oxygens (including phenoxy) is 1. The van der Waals surface area contributed by atoms with Crippen LogP contribution in [0.2, 0.25) is 0 Å². The van der Waals surface area contributed by atoms with E-state index in [4.69, 9.17) is 14.9 Å². The summed E-state index contributed by atoms with van der Waals surface area (Å²) in [5, 5.41) is 12.5. The van der Waals surface area contributed by atoms with Crippen LogP contribution in [0.3, 0.4) is 0 Å². The molecule has 3 N–H and O–H groups in total. The average molecular weight is 400 g/mol. The van der Waals surface area contributed by atoms with Crippen molar-refractivity contribution in [3.63, 3.8) is 0 Å². The summed E-state index contributed by atoms with van der Waals surface area (Å²) in [7, 11) is 1.57. The number of hydrogen-bond donors (Lipinski definition) is 2. The number of aromatic nitrogens is 2. The molecule has 0 spiro atoms. The number of nitrogens with two attached hydrogens (primary N) is 1. The summed E-state index contributed by atoms with van der Waals surface area (Å²) in [5.74, 6) is 0.391. The van der Waals surface area contributed by atoms with Gasteiger partial charge in [-0.2, -0.15) is 0 Å². The van der Waals surface area contributed by atoms with Crippen molar-refractivity contribution in [1.29, 1.82) is 0 Å². The molecule has 1 atom stereocenters. The number of nitrogen functional groups attached to an aromatic ring is 1. The molecule has 4 aromatic rings. The Bertz CT molecular complexity index is 1140. The van der Waals surface area contributed by atoms with E-state index in [9.17, 15) is 4.79 Å². The topological polar surface area (TPSA) is 103 Å². The first kappa shape index (κ1) is 17.6. The minimum Gasteiger partial charge on any atom is -0.495 e. The summed E-state index contributed by atoms with van der Waals surface area (Å²) >= 11 is 2.55. The lowest BCUT2D eigenvalue weighted by atomic mass is 10.1. The van der Waals surface area contributed by atoms with Crippen LogP contribution in [0.1, 0.15) is 6.92 Å². The molecule has 2 aromatic carbocycles. The van der Waals surface area contributed by atoms with E-state index in [0.717, 1.165) is 16.4 Å². The Labute approximate surface area is 162 Å². The fraction of sp³-hybridized carbons (Fsp3) is 0.167. The van der Waals surface area contributed by atoms with Crippen LogP contribution in [-0.2, 0) is 4.79 Å². The molecule has 1 unspecified atom stereocenters. The summed E-state index contributed by atoms with van der Waals surface area (Å²) in [4.78, 5) is 12.6. The molecular weight excluding hydrogens is 384 g/mol. The molecule has 2 aromatic heterocycles. The second kappa shape index (κ2) is 7.09. The second-order valence-electron chi connectivity index (χ2n) is 5.80. The van der Waals surface area contributed by atoms with Crippen LogP contribution in [0, 0.1) is 0 Å². The zero-order valence-electron chi connectivity index (χ0n) is 14.6. The van der Waals surface area contributed by atoms with E-state index in [1.54, 1.807) is 20.1 Å². The summed E-state index contributed by atoms with van der Waals surface area (Å²) in [6.07, 6.45) is 0. The predicted octanol–water partition coefficient (Wildman–Crippen LogP) is 4.15. The predicted molar refractivity (Wildman–Crippen MR) is 109 cm³/mol. The maximum absolute atomic E-state index is 12.6. The molecule has 9 heteroatoms. The molecule has 0 aliphatic heterocycles. The van der Waals surface area contributed by atoms with Crippen LogP contribution in [-0.4, -0.2) is 28.5 Å². The number of rotatable bonds is 5. The van der Waals surface area contributed by atoms with Crippen LogP contribution < -0.4 is 15.8 Å². The van der Waals surface area contributed by atoms with Gasteiger partial charge in [0.1, 0.15) is 16.9 Å². The van der Waals surface area contributed by atoms with Crippen molar-refractivity contribution in [2.45, 2.75) is 16.5 Å². The molecule has 0 bridgehead atoms. The number of fused-ring (bicyclic) bond motifs is 3. The van der Waals surface area contributed by atoms with Crippen molar-refractivity contribution in [3.05, 3.63) is 36.4 Å². The minimum absolute atomic E-state index is 0.178. The first-order valence-electron chi connectivity index (χ1n) is 8.11. The molecule has 7 nitrogen and oxygen atoms in total. The highest BCUT2D eigenvalue weighted by Gasteiger charge is 2.20. The van der Waals surface area contributed by atoms with Crippen molar-refractivity contribution in [2.75, 3.05) is 18.2 Å². The number of hydrogen-bond acceptors (Lipinski definition) is 8. The third-order valence-corrected chi connectivity index (χ3v) is 5.96. The molecule has 27 heavy (non-hydrogen) atoms. The van der Waals surface area contributed by atoms with E-state index in [1.807, 2.05) is 30.3 Å². The number of benzene rings is 2. The van der Waals surface area contributed by atoms with Crippen LogP contribution in [0.15, 0.2) is 45.2 Å². The zero-order valence-corrected chi connectivity index (χ0v) is 16.2. The summed E-state index contributed by atoms with van der Waals surface area (Å²) in [5.41, 5.74) is 7.61. The van der Waals surface area contributed by atoms with E-state index in [2.05, 4.69) is 15.5 Å². The fourth-order valence-corrected chi connectivity index (χ4v) is 4.51. The standard InChI is InChI=1S/C18H16N4O3S2/c1-9(26-18-22-21-17(19)27-18)16(23)20-12-8-14-11(7-15(12)24-2)10-5-3-4-6-13(10)25-14/h3-9H,1-2H3,(H2,19,21)(H,20,23). The maximum Gasteiger partial charge on any atom is 0.237 e. The minimum atomic E-state index is -0.381. The molecule has 0 saturated carbocycles. The number of carbonyl (C=O) groups is 1. The lowest BCUT2D eigenvalue weighted by molar-refractivity contribution is -0.115. The van der Waals surface area contributed by atoms with Crippen LogP contribution in [0.4, 0.5) is 10.8 Å². The van der Waals surface area contributed by atoms with Gasteiger partial charge in [-0.05, 0) is 19.1 Å². The highest BCUT2D eigenvalue weighted by atomic mass is 32.2. The molecule has 138 valence electrons. The van der Waals surface area contributed by atoms with Gasteiger partial charge in [0.25, 0.3) is 0 Å². The number of amides is 1. The molecule has 0 aliphatic rings. The van der Waals surface area contributed by atoms with Crippen molar-refractivity contribution in [1.82, 2.24) is 10.2 Å². The third-order valence-electron chi connectivity index (χ3n) is 4.03. The van der Waals surface area contributed by atoms with E-state index < -0.39 is 0 Å². The van der Waals surface area contributed by atoms with Gasteiger partial charge in [-0.15, -0.1) is 10.2 Å². The van der Waals surface area contributed by atoms with E-state index >= 15 is 0 Å². The first-order chi connectivity index (χ1) is 13.0. The highest BCUT2D eigenvalue weighted by molar-refractivity contribution is 8.02. The molecule has 2 heterocycles.